The first kappa shape index (κ1) is 15.1. The van der Waals surface area contributed by atoms with Gasteiger partial charge in [-0.25, -0.2) is 0 Å². The quantitative estimate of drug-likeness (QED) is 0.668. The molecule has 0 bridgehead atoms. The Morgan fingerprint density at radius 1 is 1.05 bits per heavy atom. The van der Waals surface area contributed by atoms with Crippen molar-refractivity contribution in [3.63, 3.8) is 0 Å². The fourth-order valence-electron chi connectivity index (χ4n) is 1.91. The van der Waals surface area contributed by atoms with Gasteiger partial charge in [-0.15, -0.1) is 0 Å². The Kier molecular flexibility index (Phi) is 5.00. The van der Waals surface area contributed by atoms with Crippen molar-refractivity contribution >= 4 is 40.1 Å². The molecule has 1 N–H and O–H groups in total. The number of carbonyl (C=O) groups is 3. The van der Waals surface area contributed by atoms with Crippen molar-refractivity contribution in [2.24, 2.45) is 0 Å². The second-order valence-corrected chi connectivity index (χ2v) is 5.27. The molecule has 0 aromatic heterocycles. The molecule has 0 aliphatic heterocycles. The van der Waals surface area contributed by atoms with E-state index in [0.29, 0.717) is 33.9 Å². The predicted molar refractivity (Wildman–Crippen MR) is 83.4 cm³/mol. The summed E-state index contributed by atoms with van der Waals surface area (Å²) in [6.07, 6.45) is 1.04. The van der Waals surface area contributed by atoms with E-state index in [1.807, 2.05) is 6.07 Å². The van der Waals surface area contributed by atoms with Crippen LogP contribution in [-0.2, 0) is 9.59 Å². The van der Waals surface area contributed by atoms with E-state index in [2.05, 4.69) is 21.2 Å². The van der Waals surface area contributed by atoms with Gasteiger partial charge < -0.3 is 14.9 Å². The molecule has 106 valence electrons. The van der Waals surface area contributed by atoms with Crippen LogP contribution in [0.1, 0.15) is 21.8 Å². The van der Waals surface area contributed by atoms with Crippen molar-refractivity contribution in [2.45, 2.75) is 5.92 Å². The monoisotopic (exact) mass is 345 g/mol. The molecule has 5 heteroatoms. The second-order valence-electron chi connectivity index (χ2n) is 4.35. The maximum absolute atomic E-state index is 12.3. The van der Waals surface area contributed by atoms with Gasteiger partial charge in [-0.1, -0.05) is 34.1 Å². The van der Waals surface area contributed by atoms with Gasteiger partial charge in [0.2, 0.25) is 0 Å². The normalized spacial score (nSPS) is 10.2. The second kappa shape index (κ2) is 6.95. The number of halogens is 1. The molecule has 0 saturated carbocycles. The van der Waals surface area contributed by atoms with E-state index >= 15 is 0 Å². The zero-order valence-electron chi connectivity index (χ0n) is 11.0. The lowest BCUT2D eigenvalue weighted by Crippen LogP contribution is -2.16. The summed E-state index contributed by atoms with van der Waals surface area (Å²) in [5.74, 6) is -1.32. The van der Waals surface area contributed by atoms with Gasteiger partial charge in [0, 0.05) is 15.7 Å². The lowest BCUT2D eigenvalue weighted by molar-refractivity contribution is -0.116. The average molecular weight is 346 g/mol. The number of rotatable bonds is 5. The van der Waals surface area contributed by atoms with Crippen LogP contribution in [0, 0.1) is 0 Å². The van der Waals surface area contributed by atoms with Crippen LogP contribution in [0.5, 0.6) is 0 Å². The molecule has 2 aromatic rings. The van der Waals surface area contributed by atoms with Gasteiger partial charge in [-0.2, -0.15) is 0 Å². The minimum Gasteiger partial charge on any atom is -0.322 e. The third-order valence-electron chi connectivity index (χ3n) is 2.94. The van der Waals surface area contributed by atoms with Crippen molar-refractivity contribution in [3.05, 3.63) is 64.1 Å². The molecule has 0 unspecified atom stereocenters. The Balaban J connectivity index is 2.36. The van der Waals surface area contributed by atoms with E-state index in [1.165, 1.54) is 0 Å². The third kappa shape index (κ3) is 3.64. The van der Waals surface area contributed by atoms with Crippen molar-refractivity contribution < 1.29 is 14.4 Å². The number of amides is 1. The summed E-state index contributed by atoms with van der Waals surface area (Å²) in [4.78, 5) is 34.3. The molecule has 4 nitrogen and oxygen atoms in total. The number of hydrogen-bond acceptors (Lipinski definition) is 3. The number of carbonyl (C=O) groups excluding carboxylic acids is 3. The van der Waals surface area contributed by atoms with Crippen LogP contribution in [0.3, 0.4) is 0 Å². The van der Waals surface area contributed by atoms with E-state index in [-0.39, 0.29) is 5.91 Å². The summed E-state index contributed by atoms with van der Waals surface area (Å²) in [6, 6.07) is 13.8. The topological polar surface area (TPSA) is 63.2 Å². The molecule has 21 heavy (non-hydrogen) atoms. The molecule has 0 saturated heterocycles. The van der Waals surface area contributed by atoms with Crippen LogP contribution in [-0.4, -0.2) is 18.5 Å². The molecule has 0 aliphatic carbocycles. The zero-order chi connectivity index (χ0) is 15.2. The summed E-state index contributed by atoms with van der Waals surface area (Å²) in [5.41, 5.74) is 1.32. The highest BCUT2D eigenvalue weighted by molar-refractivity contribution is 9.10. The minimum atomic E-state index is -0.959. The van der Waals surface area contributed by atoms with Gasteiger partial charge >= 0.3 is 0 Å². The largest absolute Gasteiger partial charge is 0.322 e. The smallest absolute Gasteiger partial charge is 0.255 e. The lowest BCUT2D eigenvalue weighted by atomic mass is 9.96. The van der Waals surface area contributed by atoms with Gasteiger partial charge in [0.1, 0.15) is 12.6 Å². The first-order chi connectivity index (χ1) is 10.2. The van der Waals surface area contributed by atoms with Gasteiger partial charge in [0.05, 0.1) is 5.92 Å². The molecule has 0 radical (unpaired) electrons. The molecule has 2 aromatic carbocycles. The zero-order valence-corrected chi connectivity index (χ0v) is 12.5. The number of hydrogen-bond donors (Lipinski definition) is 1. The third-order valence-corrected chi connectivity index (χ3v) is 3.44. The van der Waals surface area contributed by atoms with Gasteiger partial charge in [0.15, 0.2) is 0 Å². The van der Waals surface area contributed by atoms with Gasteiger partial charge in [0.25, 0.3) is 5.91 Å². The van der Waals surface area contributed by atoms with Crippen molar-refractivity contribution in [1.29, 1.82) is 0 Å². The molecular weight excluding hydrogens is 334 g/mol. The highest BCUT2D eigenvalue weighted by atomic mass is 79.9. The van der Waals surface area contributed by atoms with Crippen LogP contribution in [0.4, 0.5) is 5.69 Å². The number of nitrogens with one attached hydrogen (secondary N) is 1. The number of benzene rings is 2. The van der Waals surface area contributed by atoms with Gasteiger partial charge in [-0.3, -0.25) is 4.79 Å². The maximum Gasteiger partial charge on any atom is 0.255 e. The van der Waals surface area contributed by atoms with Crippen molar-refractivity contribution in [2.75, 3.05) is 5.32 Å². The Labute approximate surface area is 130 Å². The van der Waals surface area contributed by atoms with Crippen LogP contribution in [0.15, 0.2) is 53.0 Å². The summed E-state index contributed by atoms with van der Waals surface area (Å²) in [5, 5.41) is 2.74. The number of aldehydes is 2. The molecule has 0 aliphatic rings. The lowest BCUT2D eigenvalue weighted by Gasteiger charge is -2.12. The van der Waals surface area contributed by atoms with E-state index in [0.717, 1.165) is 0 Å². The summed E-state index contributed by atoms with van der Waals surface area (Å²) in [6.45, 7) is 0. The minimum absolute atomic E-state index is 0.297. The Morgan fingerprint density at radius 3 is 2.33 bits per heavy atom. The van der Waals surface area contributed by atoms with E-state index < -0.39 is 5.92 Å². The molecule has 1 amide bonds. The van der Waals surface area contributed by atoms with Gasteiger partial charge in [-0.05, 0) is 35.9 Å². The van der Waals surface area contributed by atoms with Crippen molar-refractivity contribution in [1.82, 2.24) is 0 Å². The maximum atomic E-state index is 12.3. The SMILES string of the molecule is O=CC(C=O)c1cc(Br)ccc1C(=O)Nc1ccccc1. The predicted octanol–water partition coefficient (Wildman–Crippen LogP) is 3.18. The fraction of sp³-hybridized carbons (Fsp3) is 0.0625. The highest BCUT2D eigenvalue weighted by Crippen LogP contribution is 2.23. The highest BCUT2D eigenvalue weighted by Gasteiger charge is 2.19. The van der Waals surface area contributed by atoms with Crippen molar-refractivity contribution in [3.8, 4) is 0 Å². The molecule has 0 spiro atoms. The Morgan fingerprint density at radius 2 is 1.71 bits per heavy atom. The molecular formula is C16H12BrNO3. The van der Waals surface area contributed by atoms with E-state index in [4.69, 9.17) is 0 Å². The van der Waals surface area contributed by atoms with Crippen LogP contribution in [0.25, 0.3) is 0 Å². The molecule has 2 rings (SSSR count). The summed E-state index contributed by atoms with van der Waals surface area (Å²) < 4.78 is 0.697. The first-order valence-corrected chi connectivity index (χ1v) is 7.01. The molecule has 0 heterocycles. The summed E-state index contributed by atoms with van der Waals surface area (Å²) in [7, 11) is 0. The Hall–Kier alpha value is -2.27. The standard InChI is InChI=1S/C16H12BrNO3/c17-12-6-7-14(15(8-12)11(9-19)10-20)16(21)18-13-4-2-1-3-5-13/h1-11H,(H,18,21). The Bertz CT molecular complexity index is 662. The average Bonchev–Trinajstić information content (AvgIpc) is 2.49. The first-order valence-electron chi connectivity index (χ1n) is 6.22. The number of anilines is 1. The van der Waals surface area contributed by atoms with E-state index in [9.17, 15) is 14.4 Å². The van der Waals surface area contributed by atoms with Crippen LogP contribution in [0.2, 0.25) is 0 Å². The number of para-hydroxylation sites is 1. The molecule has 0 atom stereocenters. The fourth-order valence-corrected chi connectivity index (χ4v) is 2.29. The summed E-state index contributed by atoms with van der Waals surface area (Å²) >= 11 is 3.28. The van der Waals surface area contributed by atoms with Crippen LogP contribution < -0.4 is 5.32 Å². The van der Waals surface area contributed by atoms with E-state index in [1.54, 1.807) is 42.5 Å². The van der Waals surface area contributed by atoms with Crippen LogP contribution >= 0.6 is 15.9 Å². The molecule has 0 fully saturated rings.